The van der Waals surface area contributed by atoms with Crippen LogP contribution in [0.4, 0.5) is 4.39 Å². The maximum Gasteiger partial charge on any atom is 0.254 e. The summed E-state index contributed by atoms with van der Waals surface area (Å²) >= 11 is 0. The van der Waals surface area contributed by atoms with Crippen molar-refractivity contribution >= 4 is 34.8 Å². The van der Waals surface area contributed by atoms with Crippen LogP contribution in [0.2, 0.25) is 0 Å². The van der Waals surface area contributed by atoms with E-state index in [-0.39, 0.29) is 48.5 Å². The molecule has 10 nitrogen and oxygen atoms in total. The maximum absolute atomic E-state index is 14.0. The van der Waals surface area contributed by atoms with Crippen LogP contribution in [0.3, 0.4) is 0 Å². The summed E-state index contributed by atoms with van der Waals surface area (Å²) < 4.78 is 15.5. The minimum Gasteiger partial charge on any atom is -0.352 e. The van der Waals surface area contributed by atoms with Crippen molar-refractivity contribution in [2.24, 2.45) is 5.92 Å². The Morgan fingerprint density at radius 3 is 2.51 bits per heavy atom. The standard InChI is InChI=1S/C30H29FN6O4/c1-17-8-21(22-12-32-19(3)33-13-22)10-25-28(18(2)39)35-37(29(17)25)15-27(40)36-14-20(9-23(36)16-38)11-34-30(41)24-6-4-5-7-26(24)31/h4-8,10,12-13,16,20,23H,9,11,14-15H2,1-3H3,(H,34,41). The topological polar surface area (TPSA) is 127 Å². The van der Waals surface area contributed by atoms with Crippen LogP contribution >= 0.6 is 0 Å². The Hall–Kier alpha value is -4.80. The van der Waals surface area contributed by atoms with Crippen molar-refractivity contribution in [1.29, 1.82) is 0 Å². The molecular weight excluding hydrogens is 527 g/mol. The van der Waals surface area contributed by atoms with E-state index in [0.29, 0.717) is 23.1 Å². The molecule has 41 heavy (non-hydrogen) atoms. The second kappa shape index (κ2) is 11.4. The molecule has 1 aliphatic rings. The van der Waals surface area contributed by atoms with Crippen LogP contribution in [0, 0.1) is 25.6 Å². The zero-order valence-electron chi connectivity index (χ0n) is 22.9. The minimum atomic E-state index is -0.666. The molecule has 5 rings (SSSR count). The summed E-state index contributed by atoms with van der Waals surface area (Å²) in [6.07, 6.45) is 4.52. The summed E-state index contributed by atoms with van der Waals surface area (Å²) in [6.45, 7) is 5.36. The van der Waals surface area contributed by atoms with Crippen LogP contribution in [0.5, 0.6) is 0 Å². The minimum absolute atomic E-state index is 0.0642. The van der Waals surface area contributed by atoms with E-state index in [9.17, 15) is 23.6 Å². The number of halogens is 1. The quantitative estimate of drug-likeness (QED) is 0.261. The van der Waals surface area contributed by atoms with Gasteiger partial charge in [0.2, 0.25) is 5.91 Å². The van der Waals surface area contributed by atoms with E-state index in [2.05, 4.69) is 20.4 Å². The lowest BCUT2D eigenvalue weighted by atomic mass is 10.0. The van der Waals surface area contributed by atoms with Gasteiger partial charge in [-0.05, 0) is 61.6 Å². The third-order valence-corrected chi connectivity index (χ3v) is 7.34. The van der Waals surface area contributed by atoms with Gasteiger partial charge in [-0.2, -0.15) is 5.10 Å². The molecule has 1 N–H and O–H groups in total. The largest absolute Gasteiger partial charge is 0.352 e. The third-order valence-electron chi connectivity index (χ3n) is 7.34. The number of likely N-dealkylation sites (tertiary alicyclic amines) is 1. The summed E-state index contributed by atoms with van der Waals surface area (Å²) in [5, 5.41) is 7.81. The number of carbonyl (C=O) groups excluding carboxylic acids is 4. The van der Waals surface area contributed by atoms with Crippen molar-refractivity contribution < 1.29 is 23.6 Å². The molecule has 0 radical (unpaired) electrons. The van der Waals surface area contributed by atoms with E-state index >= 15 is 0 Å². The first-order valence-corrected chi connectivity index (χ1v) is 13.2. The molecule has 2 unspecified atom stereocenters. The lowest BCUT2D eigenvalue weighted by molar-refractivity contribution is -0.135. The predicted octanol–water partition coefficient (Wildman–Crippen LogP) is 3.30. The molecule has 0 spiro atoms. The molecule has 1 fully saturated rings. The van der Waals surface area contributed by atoms with Crippen LogP contribution in [0.1, 0.15) is 45.6 Å². The summed E-state index contributed by atoms with van der Waals surface area (Å²) in [5.74, 6) is -1.29. The highest BCUT2D eigenvalue weighted by molar-refractivity contribution is 6.07. The lowest BCUT2D eigenvalue weighted by Crippen LogP contribution is -2.39. The van der Waals surface area contributed by atoms with Crippen LogP contribution in [-0.2, 0) is 16.1 Å². The number of nitrogens with zero attached hydrogens (tertiary/aromatic N) is 5. The van der Waals surface area contributed by atoms with Gasteiger partial charge in [-0.3, -0.25) is 19.1 Å². The number of hydrogen-bond acceptors (Lipinski definition) is 7. The first kappa shape index (κ1) is 27.8. The van der Waals surface area contributed by atoms with Gasteiger partial charge in [-0.25, -0.2) is 14.4 Å². The van der Waals surface area contributed by atoms with Crippen LogP contribution in [-0.4, -0.2) is 67.7 Å². The molecule has 4 aromatic rings. The molecule has 1 saturated heterocycles. The fourth-order valence-corrected chi connectivity index (χ4v) is 5.33. The number of carbonyl (C=O) groups is 4. The van der Waals surface area contributed by atoms with Gasteiger partial charge in [0.15, 0.2) is 5.78 Å². The number of amides is 2. The Balaban J connectivity index is 1.35. The van der Waals surface area contributed by atoms with Gasteiger partial charge in [0.1, 0.15) is 30.2 Å². The van der Waals surface area contributed by atoms with E-state index in [1.807, 2.05) is 19.1 Å². The number of aldehydes is 1. The van der Waals surface area contributed by atoms with Crippen LogP contribution in [0.15, 0.2) is 48.8 Å². The molecule has 0 aliphatic carbocycles. The van der Waals surface area contributed by atoms with Crippen LogP contribution < -0.4 is 5.32 Å². The number of nitrogens with one attached hydrogen (secondary N) is 1. The average Bonchev–Trinajstić information content (AvgIpc) is 3.54. The SMILES string of the molecule is CC(=O)c1nn(CC(=O)N2CC(CNC(=O)c3ccccc3F)CC2C=O)c2c(C)cc(-c3cnc(C)nc3)cc12. The molecule has 3 heterocycles. The summed E-state index contributed by atoms with van der Waals surface area (Å²) in [5.41, 5.74) is 3.25. The normalized spacial score (nSPS) is 16.6. The molecule has 0 saturated carbocycles. The van der Waals surface area contributed by atoms with Crippen LogP contribution in [0.25, 0.3) is 22.0 Å². The number of aryl methyl sites for hydroxylation is 2. The van der Waals surface area contributed by atoms with Gasteiger partial charge in [0, 0.05) is 43.4 Å². The summed E-state index contributed by atoms with van der Waals surface area (Å²) in [4.78, 5) is 60.2. The van der Waals surface area contributed by atoms with Crippen molar-refractivity contribution in [3.8, 4) is 11.1 Å². The van der Waals surface area contributed by atoms with Gasteiger partial charge >= 0.3 is 0 Å². The van der Waals surface area contributed by atoms with Gasteiger partial charge in [-0.15, -0.1) is 0 Å². The fraction of sp³-hybridized carbons (Fsp3) is 0.300. The second-order valence-corrected chi connectivity index (χ2v) is 10.3. The maximum atomic E-state index is 14.0. The van der Waals surface area contributed by atoms with E-state index < -0.39 is 17.8 Å². The number of ketones is 1. The number of benzene rings is 2. The molecule has 0 bridgehead atoms. The molecule has 1 aliphatic heterocycles. The molecule has 210 valence electrons. The third kappa shape index (κ3) is 5.60. The number of Topliss-reactive ketones (excluding diaryl/α,β-unsaturated/α-hetero) is 1. The Morgan fingerprint density at radius 1 is 1.10 bits per heavy atom. The number of rotatable bonds is 8. The van der Waals surface area contributed by atoms with E-state index in [0.717, 1.165) is 23.0 Å². The average molecular weight is 557 g/mol. The zero-order valence-corrected chi connectivity index (χ0v) is 22.9. The predicted molar refractivity (Wildman–Crippen MR) is 149 cm³/mol. The zero-order chi connectivity index (χ0) is 29.3. The van der Waals surface area contributed by atoms with Crippen molar-refractivity contribution in [2.75, 3.05) is 13.1 Å². The molecule has 11 heteroatoms. The lowest BCUT2D eigenvalue weighted by Gasteiger charge is -2.21. The smallest absolute Gasteiger partial charge is 0.254 e. The molecule has 2 aromatic heterocycles. The second-order valence-electron chi connectivity index (χ2n) is 10.3. The van der Waals surface area contributed by atoms with Crippen molar-refractivity contribution in [2.45, 2.75) is 39.8 Å². The number of aromatic nitrogens is 4. The number of fused-ring (bicyclic) bond motifs is 1. The monoisotopic (exact) mass is 556 g/mol. The van der Waals surface area contributed by atoms with E-state index in [1.165, 1.54) is 34.7 Å². The number of hydrogen-bond donors (Lipinski definition) is 1. The highest BCUT2D eigenvalue weighted by atomic mass is 19.1. The highest BCUT2D eigenvalue weighted by Crippen LogP contribution is 2.30. The molecule has 2 atom stereocenters. The summed E-state index contributed by atoms with van der Waals surface area (Å²) in [7, 11) is 0. The van der Waals surface area contributed by atoms with Gasteiger partial charge < -0.3 is 15.0 Å². The molecular formula is C30H29FN6O4. The molecule has 2 aromatic carbocycles. The Morgan fingerprint density at radius 2 is 1.83 bits per heavy atom. The molecule has 2 amide bonds. The van der Waals surface area contributed by atoms with Gasteiger partial charge in [0.05, 0.1) is 17.1 Å². The Labute approximate surface area is 235 Å². The Kier molecular flexibility index (Phi) is 7.69. The van der Waals surface area contributed by atoms with E-state index in [1.54, 1.807) is 25.4 Å². The first-order valence-electron chi connectivity index (χ1n) is 13.2. The Bertz CT molecular complexity index is 1670. The van der Waals surface area contributed by atoms with Gasteiger partial charge in [0.25, 0.3) is 5.91 Å². The first-order chi connectivity index (χ1) is 19.7. The van der Waals surface area contributed by atoms with Crippen molar-refractivity contribution in [3.05, 3.63) is 77.3 Å². The van der Waals surface area contributed by atoms with Crippen molar-refractivity contribution in [3.63, 3.8) is 0 Å². The summed E-state index contributed by atoms with van der Waals surface area (Å²) in [6, 6.07) is 8.80. The highest BCUT2D eigenvalue weighted by Gasteiger charge is 2.35. The van der Waals surface area contributed by atoms with Crippen molar-refractivity contribution in [1.82, 2.24) is 30.0 Å². The fourth-order valence-electron chi connectivity index (χ4n) is 5.33. The van der Waals surface area contributed by atoms with E-state index in [4.69, 9.17) is 0 Å². The van der Waals surface area contributed by atoms with Gasteiger partial charge in [-0.1, -0.05) is 12.1 Å².